The van der Waals surface area contributed by atoms with Crippen LogP contribution in [-0.4, -0.2) is 12.9 Å². The molecule has 1 aliphatic rings. The van der Waals surface area contributed by atoms with E-state index in [1.807, 2.05) is 48.5 Å². The molecule has 0 radical (unpaired) electrons. The summed E-state index contributed by atoms with van der Waals surface area (Å²) < 4.78 is 5.44. The number of hydrogen-bond acceptors (Lipinski definition) is 4. The molecule has 0 spiro atoms. The maximum Gasteiger partial charge on any atom is 0.158 e. The topological polar surface area (TPSA) is 64.3 Å². The number of hydrogen-bond donors (Lipinski definition) is 2. The average Bonchev–Trinajstić information content (AvgIpc) is 2.56. The van der Waals surface area contributed by atoms with Crippen LogP contribution in [0.5, 0.6) is 5.75 Å². The fourth-order valence-corrected chi connectivity index (χ4v) is 2.99. The van der Waals surface area contributed by atoms with E-state index in [0.29, 0.717) is 12.1 Å². The van der Waals surface area contributed by atoms with E-state index in [1.54, 1.807) is 13.2 Å². The molecule has 0 aromatic heterocycles. The van der Waals surface area contributed by atoms with Crippen LogP contribution >= 0.6 is 0 Å². The molecule has 0 saturated heterocycles. The minimum absolute atomic E-state index is 0.107. The molecule has 1 atom stereocenters. The third-order valence-corrected chi connectivity index (χ3v) is 4.08. The van der Waals surface area contributed by atoms with Crippen LogP contribution in [0.15, 0.2) is 60.3 Å². The van der Waals surface area contributed by atoms with Gasteiger partial charge in [0.2, 0.25) is 0 Å². The first-order valence-corrected chi connectivity index (χ1v) is 7.65. The first-order valence-electron chi connectivity index (χ1n) is 7.65. The van der Waals surface area contributed by atoms with Crippen LogP contribution in [0.2, 0.25) is 0 Å². The number of benzene rings is 2. The maximum atomic E-state index is 12.1. The van der Waals surface area contributed by atoms with Crippen molar-refractivity contribution in [2.75, 3.05) is 18.2 Å². The van der Waals surface area contributed by atoms with E-state index in [4.69, 9.17) is 10.5 Å². The highest BCUT2D eigenvalue weighted by molar-refractivity contribution is 5.93. The number of allylic oxidation sites excluding steroid dienone is 2. The Balaban J connectivity index is 1.84. The summed E-state index contributed by atoms with van der Waals surface area (Å²) >= 11 is 0. The third-order valence-electron chi connectivity index (χ3n) is 4.08. The van der Waals surface area contributed by atoms with Crippen LogP contribution in [0.25, 0.3) is 0 Å². The van der Waals surface area contributed by atoms with Gasteiger partial charge in [0.25, 0.3) is 0 Å². The van der Waals surface area contributed by atoms with E-state index >= 15 is 0 Å². The second-order valence-electron chi connectivity index (χ2n) is 5.70. The highest BCUT2D eigenvalue weighted by atomic mass is 16.5. The number of nitrogens with one attached hydrogen (secondary N) is 1. The Labute approximate surface area is 136 Å². The average molecular weight is 308 g/mol. The number of ketones is 1. The molecule has 3 rings (SSSR count). The van der Waals surface area contributed by atoms with Gasteiger partial charge in [-0.15, -0.1) is 0 Å². The van der Waals surface area contributed by atoms with Crippen LogP contribution in [-0.2, 0) is 4.79 Å². The van der Waals surface area contributed by atoms with Crippen molar-refractivity contribution in [1.29, 1.82) is 0 Å². The van der Waals surface area contributed by atoms with Gasteiger partial charge in [-0.25, -0.2) is 0 Å². The molecule has 4 heteroatoms. The zero-order chi connectivity index (χ0) is 16.2. The number of para-hydroxylation sites is 3. The van der Waals surface area contributed by atoms with E-state index in [2.05, 4.69) is 5.32 Å². The van der Waals surface area contributed by atoms with Gasteiger partial charge in [-0.05, 0) is 30.2 Å². The summed E-state index contributed by atoms with van der Waals surface area (Å²) in [4.78, 5) is 12.1. The Morgan fingerprint density at radius 3 is 2.61 bits per heavy atom. The fraction of sp³-hybridized carbons (Fsp3) is 0.211. The normalized spacial score (nSPS) is 17.5. The standard InChI is InChI=1S/C19H20N2O2/c1-23-19-9-5-2-6-16(19)13-10-14(12-15(22)11-13)21-18-8-4-3-7-17(18)20/h2-9,12-13,21H,10-11,20H2,1H3. The van der Waals surface area contributed by atoms with Gasteiger partial charge in [0.05, 0.1) is 18.5 Å². The van der Waals surface area contributed by atoms with E-state index in [-0.39, 0.29) is 11.7 Å². The van der Waals surface area contributed by atoms with Gasteiger partial charge in [0, 0.05) is 24.1 Å². The lowest BCUT2D eigenvalue weighted by atomic mass is 9.85. The van der Waals surface area contributed by atoms with Gasteiger partial charge < -0.3 is 15.8 Å². The highest BCUT2D eigenvalue weighted by Crippen LogP contribution is 2.37. The number of carbonyl (C=O) groups excluding carboxylic acids is 1. The minimum atomic E-state index is 0.107. The van der Waals surface area contributed by atoms with Crippen LogP contribution < -0.4 is 15.8 Å². The van der Waals surface area contributed by atoms with Crippen molar-refractivity contribution in [3.8, 4) is 5.75 Å². The van der Waals surface area contributed by atoms with Gasteiger partial charge in [-0.3, -0.25) is 4.79 Å². The summed E-state index contributed by atoms with van der Waals surface area (Å²) in [5, 5.41) is 3.29. The van der Waals surface area contributed by atoms with Crippen molar-refractivity contribution in [2.45, 2.75) is 18.8 Å². The fourth-order valence-electron chi connectivity index (χ4n) is 2.99. The molecule has 0 bridgehead atoms. The first-order chi connectivity index (χ1) is 11.2. The lowest BCUT2D eigenvalue weighted by molar-refractivity contribution is -0.115. The van der Waals surface area contributed by atoms with Crippen molar-refractivity contribution in [2.24, 2.45) is 0 Å². The number of nitrogen functional groups attached to an aromatic ring is 1. The SMILES string of the molecule is COc1ccccc1C1CC(=O)C=C(Nc2ccccc2N)C1. The molecule has 23 heavy (non-hydrogen) atoms. The van der Waals surface area contributed by atoms with Crippen molar-refractivity contribution in [1.82, 2.24) is 0 Å². The molecule has 3 N–H and O–H groups in total. The summed E-state index contributed by atoms with van der Waals surface area (Å²) in [5.74, 6) is 1.05. The molecule has 4 nitrogen and oxygen atoms in total. The lowest BCUT2D eigenvalue weighted by Gasteiger charge is -2.25. The molecule has 0 amide bonds. The largest absolute Gasteiger partial charge is 0.496 e. The van der Waals surface area contributed by atoms with Crippen LogP contribution in [0.3, 0.4) is 0 Å². The monoisotopic (exact) mass is 308 g/mol. The molecule has 0 heterocycles. The number of ether oxygens (including phenoxy) is 1. The van der Waals surface area contributed by atoms with Crippen molar-refractivity contribution >= 4 is 17.2 Å². The Hall–Kier alpha value is -2.75. The minimum Gasteiger partial charge on any atom is -0.496 e. The Morgan fingerprint density at radius 2 is 1.83 bits per heavy atom. The second kappa shape index (κ2) is 6.57. The molecule has 2 aromatic rings. The lowest BCUT2D eigenvalue weighted by Crippen LogP contribution is -2.17. The second-order valence-corrected chi connectivity index (χ2v) is 5.70. The zero-order valence-electron chi connectivity index (χ0n) is 13.1. The summed E-state index contributed by atoms with van der Waals surface area (Å²) in [6, 6.07) is 15.4. The summed E-state index contributed by atoms with van der Waals surface area (Å²) in [6.07, 6.45) is 2.93. The maximum absolute atomic E-state index is 12.1. The Kier molecular flexibility index (Phi) is 4.33. The van der Waals surface area contributed by atoms with Gasteiger partial charge >= 0.3 is 0 Å². The van der Waals surface area contributed by atoms with Crippen LogP contribution in [0.4, 0.5) is 11.4 Å². The van der Waals surface area contributed by atoms with Gasteiger partial charge in [0.15, 0.2) is 5.78 Å². The molecule has 0 saturated carbocycles. The summed E-state index contributed by atoms with van der Waals surface area (Å²) in [6.45, 7) is 0. The van der Waals surface area contributed by atoms with Gasteiger partial charge in [-0.1, -0.05) is 30.3 Å². The molecule has 1 unspecified atom stereocenters. The van der Waals surface area contributed by atoms with E-state index in [1.165, 1.54) is 0 Å². The number of nitrogens with two attached hydrogens (primary N) is 1. The molecule has 2 aromatic carbocycles. The van der Waals surface area contributed by atoms with Gasteiger partial charge in [-0.2, -0.15) is 0 Å². The van der Waals surface area contributed by atoms with Crippen molar-refractivity contribution in [3.63, 3.8) is 0 Å². The predicted octanol–water partition coefficient (Wildman–Crippen LogP) is 3.72. The van der Waals surface area contributed by atoms with Gasteiger partial charge in [0.1, 0.15) is 5.75 Å². The Bertz CT molecular complexity index is 753. The number of carbonyl (C=O) groups is 1. The predicted molar refractivity (Wildman–Crippen MR) is 92.5 cm³/mol. The molecule has 1 aliphatic carbocycles. The molecule has 0 aliphatic heterocycles. The Morgan fingerprint density at radius 1 is 1.09 bits per heavy atom. The summed E-state index contributed by atoms with van der Waals surface area (Å²) in [5.41, 5.74) is 9.41. The zero-order valence-corrected chi connectivity index (χ0v) is 13.1. The smallest absolute Gasteiger partial charge is 0.158 e. The van der Waals surface area contributed by atoms with Crippen molar-refractivity contribution < 1.29 is 9.53 Å². The number of anilines is 2. The number of methoxy groups -OCH3 is 1. The molecular formula is C19H20N2O2. The van der Waals surface area contributed by atoms with E-state index < -0.39 is 0 Å². The quantitative estimate of drug-likeness (QED) is 0.845. The van der Waals surface area contributed by atoms with Crippen molar-refractivity contribution in [3.05, 3.63) is 65.9 Å². The van der Waals surface area contributed by atoms with E-state index in [0.717, 1.165) is 29.1 Å². The molecular weight excluding hydrogens is 288 g/mol. The van der Waals surface area contributed by atoms with Crippen LogP contribution in [0, 0.1) is 0 Å². The highest BCUT2D eigenvalue weighted by Gasteiger charge is 2.24. The third kappa shape index (κ3) is 3.37. The number of rotatable bonds is 4. The first kappa shape index (κ1) is 15.2. The van der Waals surface area contributed by atoms with Crippen LogP contribution in [0.1, 0.15) is 24.3 Å². The molecule has 0 fully saturated rings. The molecule has 118 valence electrons. The summed E-state index contributed by atoms with van der Waals surface area (Å²) in [7, 11) is 1.66. The van der Waals surface area contributed by atoms with E-state index in [9.17, 15) is 4.79 Å².